The predicted octanol–water partition coefficient (Wildman–Crippen LogP) is 7.28. The van der Waals surface area contributed by atoms with Gasteiger partial charge in [-0.25, -0.2) is 4.39 Å². The molecule has 0 saturated carbocycles. The third kappa shape index (κ3) is 16.1. The van der Waals surface area contributed by atoms with E-state index in [1.54, 1.807) is 73.1 Å². The number of benzene rings is 2. The molecule has 0 radical (unpaired) electrons. The third-order valence-electron chi connectivity index (χ3n) is 12.1. The highest BCUT2D eigenvalue weighted by molar-refractivity contribution is 5.94. The Morgan fingerprint density at radius 3 is 2.44 bits per heavy atom. The van der Waals surface area contributed by atoms with Gasteiger partial charge in [-0.3, -0.25) is 14.6 Å². The molecule has 1 fully saturated rings. The van der Waals surface area contributed by atoms with E-state index in [1.165, 1.54) is 7.11 Å². The Labute approximate surface area is 431 Å². The average molecular weight is 1050 g/mol. The summed E-state index contributed by atoms with van der Waals surface area (Å²) in [7, 11) is 3.37. The zero-order valence-corrected chi connectivity index (χ0v) is 42.5. The average Bonchev–Trinajstić information content (AvgIpc) is 3.92. The zero-order valence-electron chi connectivity index (χ0n) is 42.5. The molecule has 7 rings (SSSR count). The van der Waals surface area contributed by atoms with E-state index >= 15 is 0 Å². The number of nitrogens with zero attached hydrogens (tertiary/aromatic N) is 4. The van der Waals surface area contributed by atoms with Crippen LogP contribution in [0.25, 0.3) is 22.0 Å². The summed E-state index contributed by atoms with van der Waals surface area (Å²) >= 11 is 0. The number of halogens is 4. The molecule has 22 heteroatoms. The van der Waals surface area contributed by atoms with Crippen molar-refractivity contribution in [3.05, 3.63) is 106 Å². The van der Waals surface area contributed by atoms with E-state index in [9.17, 15) is 27.2 Å². The molecule has 1 aliphatic rings. The number of pyridine rings is 2. The Kier molecular flexibility index (Phi) is 19.8. The van der Waals surface area contributed by atoms with Crippen molar-refractivity contribution >= 4 is 33.9 Å². The van der Waals surface area contributed by atoms with Crippen molar-refractivity contribution in [2.45, 2.75) is 58.2 Å². The molecule has 1 saturated heterocycles. The monoisotopic (exact) mass is 1050 g/mol. The number of ether oxygens (including phenoxy) is 6. The molecule has 0 unspecified atom stereocenters. The molecule has 0 spiro atoms. The first kappa shape index (κ1) is 55.4. The lowest BCUT2D eigenvalue weighted by Gasteiger charge is -2.33. The van der Waals surface area contributed by atoms with E-state index in [0.717, 1.165) is 15.7 Å². The predicted molar refractivity (Wildman–Crippen MR) is 276 cm³/mol. The third-order valence-corrected chi connectivity index (χ3v) is 12.1. The van der Waals surface area contributed by atoms with Gasteiger partial charge >= 0.3 is 6.18 Å². The number of aromatic nitrogens is 4. The lowest BCUT2D eigenvalue weighted by atomic mass is 10.0. The van der Waals surface area contributed by atoms with Gasteiger partial charge in [0.2, 0.25) is 0 Å². The maximum atomic E-state index is 14.9. The van der Waals surface area contributed by atoms with Crippen molar-refractivity contribution in [3.8, 4) is 40.2 Å². The number of H-pyrrole nitrogens is 1. The van der Waals surface area contributed by atoms with Crippen LogP contribution in [0, 0.1) is 25.7 Å². The Bertz CT molecular complexity index is 2930. The van der Waals surface area contributed by atoms with Gasteiger partial charge < -0.3 is 68.7 Å². The van der Waals surface area contributed by atoms with E-state index in [1.807, 2.05) is 32.7 Å². The normalized spacial score (nSPS) is 15.2. The first-order valence-electron chi connectivity index (χ1n) is 24.5. The summed E-state index contributed by atoms with van der Waals surface area (Å²) in [6.45, 7) is 7.65. The molecule has 5 heterocycles. The minimum Gasteiger partial charge on any atom is -0.494 e. The van der Waals surface area contributed by atoms with Crippen LogP contribution >= 0.6 is 0 Å². The molecule has 3 atom stereocenters. The van der Waals surface area contributed by atoms with Crippen LogP contribution in [0.1, 0.15) is 42.2 Å². The van der Waals surface area contributed by atoms with E-state index in [-0.39, 0.29) is 62.7 Å². The number of methoxy groups -OCH3 is 1. The van der Waals surface area contributed by atoms with E-state index in [0.29, 0.717) is 108 Å². The van der Waals surface area contributed by atoms with Crippen LogP contribution in [-0.4, -0.2) is 142 Å². The number of anilines is 3. The van der Waals surface area contributed by atoms with Crippen LogP contribution in [0.3, 0.4) is 0 Å². The molecule has 6 aromatic rings. The fraction of sp³-hybridized carbons (Fsp3) is 0.434. The maximum Gasteiger partial charge on any atom is 0.406 e. The van der Waals surface area contributed by atoms with Crippen LogP contribution in [0.5, 0.6) is 17.2 Å². The number of aromatic amines is 1. The second-order valence-electron chi connectivity index (χ2n) is 17.7. The number of piperidine rings is 1. The minimum absolute atomic E-state index is 0.109. The summed E-state index contributed by atoms with van der Waals surface area (Å²) < 4.78 is 96.3. The molecule has 2 aromatic carbocycles. The van der Waals surface area contributed by atoms with Crippen LogP contribution in [-0.2, 0) is 25.5 Å². The lowest BCUT2D eigenvalue weighted by molar-refractivity contribution is -0.140. The fourth-order valence-corrected chi connectivity index (χ4v) is 8.38. The highest BCUT2D eigenvalue weighted by Gasteiger charge is 2.31. The Morgan fingerprint density at radius 2 is 1.71 bits per heavy atom. The first-order chi connectivity index (χ1) is 36.1. The van der Waals surface area contributed by atoms with Crippen molar-refractivity contribution in [1.29, 1.82) is 0 Å². The van der Waals surface area contributed by atoms with Gasteiger partial charge in [-0.1, -0.05) is 17.1 Å². The molecular weight excluding hydrogens is 983 g/mol. The molecule has 5 N–H and O–H groups in total. The van der Waals surface area contributed by atoms with Gasteiger partial charge in [-0.15, -0.1) is 0 Å². The minimum atomic E-state index is -4.49. The van der Waals surface area contributed by atoms with Gasteiger partial charge in [-0.2, -0.15) is 13.2 Å². The van der Waals surface area contributed by atoms with Crippen LogP contribution in [0.4, 0.5) is 34.6 Å². The molecule has 0 bridgehead atoms. The molecule has 1 aliphatic heterocycles. The quantitative estimate of drug-likeness (QED) is 0.0206. The van der Waals surface area contributed by atoms with E-state index in [4.69, 9.17) is 32.9 Å². The Hall–Kier alpha value is -7.32. The number of alkyl halides is 4. The van der Waals surface area contributed by atoms with Crippen molar-refractivity contribution in [3.63, 3.8) is 0 Å². The number of nitrogens with one attached hydrogen (secondary N) is 5. The standard InChI is InChI=1S/C53H63F4N9O9/c1-34(62-47-26-37(30-61-52(47)68)51-35(2)64-75-36(51)3)46-28-40(13-16-59-46)74-32-50(67)60-17-19-70-20-21-71-22-23-72-24-25-73-39-11-12-45(49(29-39)69-5)58-15-7-8-38-27-41-43(63-44-14-18-65(4)31-42(44)54)9-6-10-48(41)66(38)33-53(55,56)57/h6,9-13,16,26-30,34,42,44,58,62-63H,14-15,17-25,31-33H2,1-5H3,(H,60,67)(H,61,68)/t34-,42+,44-/m1/s1. The van der Waals surface area contributed by atoms with Gasteiger partial charge in [0.25, 0.3) is 11.5 Å². The van der Waals surface area contributed by atoms with Crippen LogP contribution in [0.15, 0.2) is 82.4 Å². The summed E-state index contributed by atoms with van der Waals surface area (Å²) in [6, 6.07) is 16.1. The first-order valence-corrected chi connectivity index (χ1v) is 24.5. The van der Waals surface area contributed by atoms with Crippen molar-refractivity contribution in [2.24, 2.45) is 0 Å². The number of aryl methyl sites for hydroxylation is 2. The van der Waals surface area contributed by atoms with E-state index in [2.05, 4.69) is 48.2 Å². The maximum absolute atomic E-state index is 14.9. The molecule has 75 heavy (non-hydrogen) atoms. The molecule has 402 valence electrons. The highest BCUT2D eigenvalue weighted by Crippen LogP contribution is 2.33. The molecule has 1 amide bonds. The summed E-state index contributed by atoms with van der Waals surface area (Å²) in [5.41, 5.74) is 4.66. The Morgan fingerprint density at radius 1 is 0.947 bits per heavy atom. The molecular formula is C53H63F4N9O9. The van der Waals surface area contributed by atoms with Gasteiger partial charge in [-0.05, 0) is 82.6 Å². The number of fused-ring (bicyclic) bond motifs is 1. The van der Waals surface area contributed by atoms with E-state index < -0.39 is 24.9 Å². The number of carbonyl (C=O) groups is 1. The smallest absolute Gasteiger partial charge is 0.406 e. The number of rotatable bonds is 26. The summed E-state index contributed by atoms with van der Waals surface area (Å²) in [4.78, 5) is 34.1. The molecule has 4 aromatic heterocycles. The van der Waals surface area contributed by atoms with Crippen molar-refractivity contribution in [1.82, 2.24) is 29.9 Å². The lowest BCUT2D eigenvalue weighted by Crippen LogP contribution is -2.46. The summed E-state index contributed by atoms with van der Waals surface area (Å²) in [5, 5.41) is 16.9. The molecule has 0 aliphatic carbocycles. The Balaban J connectivity index is 0.738. The SMILES string of the molecule is COc1cc(OCCOCCOCCOCCNC(=O)COc2ccnc([C@@H](C)Nc3cc(-c4c(C)noc4C)c[nH]c3=O)c2)ccc1NCC#Cc1cc2c(N[C@@H]3CCN(C)C[C@@H]3F)cccc2n1CC(F)(F)F. The second kappa shape index (κ2) is 26.8. The van der Waals surface area contributed by atoms with Gasteiger partial charge in [0, 0.05) is 66.4 Å². The second-order valence-corrected chi connectivity index (χ2v) is 17.7. The number of hydrogen-bond acceptors (Lipinski definition) is 15. The van der Waals surface area contributed by atoms with Crippen molar-refractivity contribution < 1.29 is 55.3 Å². The zero-order chi connectivity index (χ0) is 53.3. The number of likely N-dealkylation sites (tertiary alicyclic amines) is 1. The van der Waals surface area contributed by atoms with Crippen LogP contribution < -0.4 is 41.0 Å². The van der Waals surface area contributed by atoms with Crippen molar-refractivity contribution in [2.75, 3.05) is 109 Å². The number of amides is 1. The largest absolute Gasteiger partial charge is 0.494 e. The number of hydrogen-bond donors (Lipinski definition) is 5. The summed E-state index contributed by atoms with van der Waals surface area (Å²) in [5.74, 6) is 7.62. The topological polar surface area (TPSA) is 201 Å². The fourth-order valence-electron chi connectivity index (χ4n) is 8.38. The molecule has 18 nitrogen and oxygen atoms in total. The van der Waals surface area contributed by atoms with Gasteiger partial charge in [0.05, 0.1) is 93.7 Å². The number of carbonyl (C=O) groups excluding carboxylic acids is 1. The van der Waals surface area contributed by atoms with Gasteiger partial charge in [0.1, 0.15) is 48.0 Å². The van der Waals surface area contributed by atoms with Crippen LogP contribution in [0.2, 0.25) is 0 Å². The van der Waals surface area contributed by atoms with Gasteiger partial charge in [0.15, 0.2) is 6.61 Å². The highest BCUT2D eigenvalue weighted by atomic mass is 19.4. The summed E-state index contributed by atoms with van der Waals surface area (Å²) in [6.07, 6.45) is -1.85.